The van der Waals surface area contributed by atoms with Crippen LogP contribution in [-0.4, -0.2) is 17.1 Å². The molecule has 0 saturated heterocycles. The molecular formula is C18H21NO3. The van der Waals surface area contributed by atoms with E-state index in [0.29, 0.717) is 5.69 Å². The van der Waals surface area contributed by atoms with Crippen LogP contribution in [0.5, 0.6) is 5.75 Å². The van der Waals surface area contributed by atoms with Crippen molar-refractivity contribution in [2.45, 2.75) is 32.5 Å². The fourth-order valence-corrected chi connectivity index (χ4v) is 2.07. The molecule has 2 rings (SSSR count). The second-order valence-electron chi connectivity index (χ2n) is 5.37. The van der Waals surface area contributed by atoms with Gasteiger partial charge < -0.3 is 15.2 Å². The Morgan fingerprint density at radius 1 is 1.09 bits per heavy atom. The summed E-state index contributed by atoms with van der Waals surface area (Å²) in [6.45, 7) is 3.92. The topological polar surface area (TPSA) is 58.6 Å². The molecule has 4 heteroatoms. The van der Waals surface area contributed by atoms with E-state index in [4.69, 9.17) is 4.74 Å². The Morgan fingerprint density at radius 3 is 2.32 bits per heavy atom. The van der Waals surface area contributed by atoms with Gasteiger partial charge in [-0.25, -0.2) is 0 Å². The highest BCUT2D eigenvalue weighted by molar-refractivity contribution is 5.91. The lowest BCUT2D eigenvalue weighted by atomic mass is 10.1. The predicted molar refractivity (Wildman–Crippen MR) is 86.9 cm³/mol. The Labute approximate surface area is 130 Å². The van der Waals surface area contributed by atoms with Gasteiger partial charge >= 0.3 is 0 Å². The number of hydrogen-bond acceptors (Lipinski definition) is 3. The maximum atomic E-state index is 12.0. The standard InChI is InChI=1S/C18H21NO3/c1-13(2)22-16-10-8-15(9-11-16)19-18(21)12-17(20)14-6-4-3-5-7-14/h3-11,13,17,20H,12H2,1-2H3,(H,19,21). The summed E-state index contributed by atoms with van der Waals surface area (Å²) in [7, 11) is 0. The first-order chi connectivity index (χ1) is 10.5. The Kier molecular flexibility index (Phi) is 5.55. The first kappa shape index (κ1) is 16.0. The minimum atomic E-state index is -0.801. The van der Waals surface area contributed by atoms with Crippen molar-refractivity contribution in [3.05, 3.63) is 60.2 Å². The average Bonchev–Trinajstić information content (AvgIpc) is 2.49. The van der Waals surface area contributed by atoms with E-state index in [9.17, 15) is 9.90 Å². The van der Waals surface area contributed by atoms with Gasteiger partial charge in [-0.05, 0) is 43.7 Å². The van der Waals surface area contributed by atoms with Crippen molar-refractivity contribution < 1.29 is 14.6 Å². The molecule has 0 bridgehead atoms. The molecule has 0 aliphatic heterocycles. The highest BCUT2D eigenvalue weighted by Crippen LogP contribution is 2.19. The quantitative estimate of drug-likeness (QED) is 0.857. The van der Waals surface area contributed by atoms with Crippen LogP contribution >= 0.6 is 0 Å². The summed E-state index contributed by atoms with van der Waals surface area (Å²) in [5.74, 6) is 0.534. The van der Waals surface area contributed by atoms with Crippen LogP contribution in [0, 0.1) is 0 Å². The molecule has 0 saturated carbocycles. The molecule has 0 radical (unpaired) electrons. The third kappa shape index (κ3) is 4.90. The molecule has 1 unspecified atom stereocenters. The van der Waals surface area contributed by atoms with E-state index in [1.807, 2.05) is 44.2 Å². The summed E-state index contributed by atoms with van der Waals surface area (Å²) < 4.78 is 5.54. The molecule has 2 N–H and O–H groups in total. The molecule has 0 heterocycles. The summed E-state index contributed by atoms with van der Waals surface area (Å²) in [5, 5.41) is 12.8. The second-order valence-corrected chi connectivity index (χ2v) is 5.37. The van der Waals surface area contributed by atoms with Crippen molar-refractivity contribution in [2.24, 2.45) is 0 Å². The van der Waals surface area contributed by atoms with Gasteiger partial charge in [0.25, 0.3) is 0 Å². The van der Waals surface area contributed by atoms with Gasteiger partial charge in [-0.3, -0.25) is 4.79 Å². The lowest BCUT2D eigenvalue weighted by molar-refractivity contribution is -0.118. The lowest BCUT2D eigenvalue weighted by Gasteiger charge is -2.12. The van der Waals surface area contributed by atoms with E-state index in [0.717, 1.165) is 11.3 Å². The number of aliphatic hydroxyl groups is 1. The lowest BCUT2D eigenvalue weighted by Crippen LogP contribution is -2.15. The summed E-state index contributed by atoms with van der Waals surface area (Å²) >= 11 is 0. The highest BCUT2D eigenvalue weighted by atomic mass is 16.5. The monoisotopic (exact) mass is 299 g/mol. The smallest absolute Gasteiger partial charge is 0.227 e. The van der Waals surface area contributed by atoms with Crippen LogP contribution in [-0.2, 0) is 4.79 Å². The Hall–Kier alpha value is -2.33. The SMILES string of the molecule is CC(C)Oc1ccc(NC(=O)CC(O)c2ccccc2)cc1. The van der Waals surface area contributed by atoms with E-state index < -0.39 is 6.10 Å². The zero-order valence-electron chi connectivity index (χ0n) is 12.8. The van der Waals surface area contributed by atoms with Crippen LogP contribution in [0.4, 0.5) is 5.69 Å². The average molecular weight is 299 g/mol. The summed E-state index contributed by atoms with van der Waals surface area (Å²) in [4.78, 5) is 12.0. The van der Waals surface area contributed by atoms with Crippen LogP contribution in [0.2, 0.25) is 0 Å². The normalized spacial score (nSPS) is 12.0. The first-order valence-corrected chi connectivity index (χ1v) is 7.34. The van der Waals surface area contributed by atoms with Gasteiger partial charge in [0.2, 0.25) is 5.91 Å². The van der Waals surface area contributed by atoms with Crippen LogP contribution in [0.1, 0.15) is 31.9 Å². The van der Waals surface area contributed by atoms with Crippen molar-refractivity contribution in [2.75, 3.05) is 5.32 Å². The Bertz CT molecular complexity index is 593. The summed E-state index contributed by atoms with van der Waals surface area (Å²) in [6, 6.07) is 16.3. The van der Waals surface area contributed by atoms with E-state index in [-0.39, 0.29) is 18.4 Å². The molecular weight excluding hydrogens is 278 g/mol. The van der Waals surface area contributed by atoms with Crippen LogP contribution in [0.25, 0.3) is 0 Å². The van der Waals surface area contributed by atoms with Crippen molar-refractivity contribution in [1.82, 2.24) is 0 Å². The van der Waals surface area contributed by atoms with E-state index in [1.165, 1.54) is 0 Å². The molecule has 0 aliphatic carbocycles. The minimum absolute atomic E-state index is 0.0221. The van der Waals surface area contributed by atoms with E-state index in [2.05, 4.69) is 5.32 Å². The number of anilines is 1. The Balaban J connectivity index is 1.89. The number of rotatable bonds is 6. The molecule has 1 atom stereocenters. The predicted octanol–water partition coefficient (Wildman–Crippen LogP) is 3.54. The zero-order valence-corrected chi connectivity index (χ0v) is 12.8. The fourth-order valence-electron chi connectivity index (χ4n) is 2.07. The molecule has 4 nitrogen and oxygen atoms in total. The van der Waals surface area contributed by atoms with Crippen LogP contribution in [0.15, 0.2) is 54.6 Å². The van der Waals surface area contributed by atoms with Crippen molar-refractivity contribution in [3.8, 4) is 5.75 Å². The molecule has 0 aliphatic rings. The molecule has 2 aromatic carbocycles. The molecule has 0 spiro atoms. The van der Waals surface area contributed by atoms with Gasteiger partial charge in [-0.1, -0.05) is 30.3 Å². The number of nitrogens with one attached hydrogen (secondary N) is 1. The number of carbonyl (C=O) groups is 1. The van der Waals surface area contributed by atoms with Gasteiger partial charge in [-0.2, -0.15) is 0 Å². The first-order valence-electron chi connectivity index (χ1n) is 7.34. The maximum absolute atomic E-state index is 12.0. The second kappa shape index (κ2) is 7.61. The molecule has 2 aromatic rings. The molecule has 0 aromatic heterocycles. The third-order valence-electron chi connectivity index (χ3n) is 3.07. The van der Waals surface area contributed by atoms with E-state index in [1.54, 1.807) is 24.3 Å². The molecule has 116 valence electrons. The molecule has 0 fully saturated rings. The van der Waals surface area contributed by atoms with Gasteiger partial charge in [0.05, 0.1) is 18.6 Å². The number of carbonyl (C=O) groups excluding carboxylic acids is 1. The summed E-state index contributed by atoms with van der Waals surface area (Å²) in [6.07, 6.45) is -0.667. The van der Waals surface area contributed by atoms with Crippen molar-refractivity contribution in [3.63, 3.8) is 0 Å². The maximum Gasteiger partial charge on any atom is 0.227 e. The van der Waals surface area contributed by atoms with E-state index >= 15 is 0 Å². The number of amides is 1. The zero-order chi connectivity index (χ0) is 15.9. The molecule has 22 heavy (non-hydrogen) atoms. The van der Waals surface area contributed by atoms with Crippen molar-refractivity contribution in [1.29, 1.82) is 0 Å². The van der Waals surface area contributed by atoms with Gasteiger partial charge in [0.15, 0.2) is 0 Å². The minimum Gasteiger partial charge on any atom is -0.491 e. The third-order valence-corrected chi connectivity index (χ3v) is 3.07. The fraction of sp³-hybridized carbons (Fsp3) is 0.278. The molecule has 1 amide bonds. The number of ether oxygens (including phenoxy) is 1. The van der Waals surface area contributed by atoms with Gasteiger partial charge in [0.1, 0.15) is 5.75 Å². The largest absolute Gasteiger partial charge is 0.491 e. The van der Waals surface area contributed by atoms with Gasteiger partial charge in [0, 0.05) is 5.69 Å². The number of aliphatic hydroxyl groups excluding tert-OH is 1. The van der Waals surface area contributed by atoms with Gasteiger partial charge in [-0.15, -0.1) is 0 Å². The van der Waals surface area contributed by atoms with Crippen molar-refractivity contribution >= 4 is 11.6 Å². The van der Waals surface area contributed by atoms with Crippen LogP contribution in [0.3, 0.4) is 0 Å². The summed E-state index contributed by atoms with van der Waals surface area (Å²) in [5.41, 5.74) is 1.42. The highest BCUT2D eigenvalue weighted by Gasteiger charge is 2.12. The van der Waals surface area contributed by atoms with Crippen LogP contribution < -0.4 is 10.1 Å². The number of hydrogen-bond donors (Lipinski definition) is 2. The number of benzene rings is 2. The Morgan fingerprint density at radius 2 is 1.73 bits per heavy atom.